The molecule has 202 valence electrons. The summed E-state index contributed by atoms with van der Waals surface area (Å²) in [7, 11) is 0. The van der Waals surface area contributed by atoms with Crippen LogP contribution in [0.4, 0.5) is 0 Å². The third-order valence-electron chi connectivity index (χ3n) is 13.4. The maximum absolute atomic E-state index is 13.0. The predicted molar refractivity (Wildman–Crippen MR) is 136 cm³/mol. The van der Waals surface area contributed by atoms with E-state index in [1.54, 1.807) is 0 Å². The van der Waals surface area contributed by atoms with Crippen molar-refractivity contribution in [1.29, 1.82) is 0 Å². The van der Waals surface area contributed by atoms with Crippen molar-refractivity contribution in [3.05, 3.63) is 11.6 Å². The van der Waals surface area contributed by atoms with Gasteiger partial charge in [-0.15, -0.1) is 0 Å². The Morgan fingerprint density at radius 2 is 1.58 bits per heavy atom. The standard InChI is InChI=1S/C30H46O6/c1-16-10-13-30(24(34)35)15-14-26(4)17(21(30)29(16,7)36)8-9-19-27(26,5)12-11-18-25(2,3)22(32)20(31)23(33)28(18,19)6/h8,16,18-21,23,31,33,36H,9-15H2,1-7H3,(H,34,35)/t16-,18-,19+,20+,21-,23+,26-,27-,28+,29-,30+/m1/s1. The van der Waals surface area contributed by atoms with Gasteiger partial charge < -0.3 is 20.4 Å². The van der Waals surface area contributed by atoms with Gasteiger partial charge in [0, 0.05) is 16.7 Å². The first-order valence-corrected chi connectivity index (χ1v) is 14.0. The molecule has 11 atom stereocenters. The normalized spacial score (nSPS) is 55.9. The number of Topliss-reactive ketones (excluding diaryl/α,β-unsaturated/α-hetero) is 1. The van der Waals surface area contributed by atoms with Gasteiger partial charge in [0.15, 0.2) is 5.78 Å². The SMILES string of the molecule is C[C@@H]1CC[C@]2(C(=O)O)CC[C@]3(C)C(=CC[C@@H]4[C@]5(C)[C@H](CC[C@]43C)C(C)(C)C(=O)[C@H](O)[C@@H]5O)[C@@H]2[C@]1(C)O. The van der Waals surface area contributed by atoms with E-state index in [4.69, 9.17) is 0 Å². The molecule has 5 aliphatic carbocycles. The Labute approximate surface area is 215 Å². The largest absolute Gasteiger partial charge is 0.481 e. The number of hydrogen-bond donors (Lipinski definition) is 4. The molecule has 5 aliphatic rings. The van der Waals surface area contributed by atoms with Crippen molar-refractivity contribution in [2.75, 3.05) is 0 Å². The minimum absolute atomic E-state index is 0.000802. The Balaban J connectivity index is 1.68. The molecule has 5 rings (SSSR count). The Morgan fingerprint density at radius 3 is 2.19 bits per heavy atom. The lowest BCUT2D eigenvalue weighted by Crippen LogP contribution is -2.71. The molecule has 0 radical (unpaired) electrons. The molecular formula is C30H46O6. The fourth-order valence-electron chi connectivity index (χ4n) is 10.7. The van der Waals surface area contributed by atoms with Crippen LogP contribution in [0.5, 0.6) is 0 Å². The summed E-state index contributed by atoms with van der Waals surface area (Å²) in [6.07, 6.45) is 4.51. The molecule has 0 unspecified atom stereocenters. The summed E-state index contributed by atoms with van der Waals surface area (Å²) in [5, 5.41) is 44.8. The summed E-state index contributed by atoms with van der Waals surface area (Å²) >= 11 is 0. The number of allylic oxidation sites excluding steroid dienone is 1. The second kappa shape index (κ2) is 7.45. The molecule has 0 saturated heterocycles. The molecule has 4 fully saturated rings. The molecule has 0 aliphatic heterocycles. The molecule has 4 N–H and O–H groups in total. The second-order valence-corrected chi connectivity index (χ2v) is 14.7. The smallest absolute Gasteiger partial charge is 0.310 e. The molecular weight excluding hydrogens is 456 g/mol. The monoisotopic (exact) mass is 502 g/mol. The van der Waals surface area contributed by atoms with Gasteiger partial charge >= 0.3 is 5.97 Å². The molecule has 0 amide bonds. The van der Waals surface area contributed by atoms with Gasteiger partial charge in [0.05, 0.1) is 17.1 Å². The van der Waals surface area contributed by atoms with Crippen LogP contribution >= 0.6 is 0 Å². The maximum Gasteiger partial charge on any atom is 0.310 e. The fourth-order valence-corrected chi connectivity index (χ4v) is 10.7. The van der Waals surface area contributed by atoms with E-state index in [2.05, 4.69) is 26.8 Å². The summed E-state index contributed by atoms with van der Waals surface area (Å²) in [6.45, 7) is 14.4. The van der Waals surface area contributed by atoms with E-state index in [1.165, 1.54) is 0 Å². The highest BCUT2D eigenvalue weighted by molar-refractivity contribution is 5.90. The number of carbonyl (C=O) groups is 2. The summed E-state index contributed by atoms with van der Waals surface area (Å²) in [4.78, 5) is 25.9. The highest BCUT2D eigenvalue weighted by atomic mass is 16.4. The van der Waals surface area contributed by atoms with E-state index in [-0.39, 0.29) is 34.4 Å². The molecule has 0 aromatic heterocycles. The molecule has 36 heavy (non-hydrogen) atoms. The van der Waals surface area contributed by atoms with Gasteiger partial charge in [-0.2, -0.15) is 0 Å². The molecule has 0 bridgehead atoms. The second-order valence-electron chi connectivity index (χ2n) is 14.7. The zero-order valence-corrected chi connectivity index (χ0v) is 23.1. The number of carboxylic acids is 1. The van der Waals surface area contributed by atoms with Gasteiger partial charge in [-0.1, -0.05) is 53.2 Å². The Bertz CT molecular complexity index is 1030. The maximum atomic E-state index is 13.0. The first-order chi connectivity index (χ1) is 16.4. The van der Waals surface area contributed by atoms with Crippen molar-refractivity contribution < 1.29 is 30.0 Å². The first-order valence-electron chi connectivity index (χ1n) is 14.0. The van der Waals surface area contributed by atoms with Gasteiger partial charge in [0.1, 0.15) is 6.10 Å². The minimum atomic E-state index is -1.40. The molecule has 6 nitrogen and oxygen atoms in total. The van der Waals surface area contributed by atoms with E-state index >= 15 is 0 Å². The summed E-state index contributed by atoms with van der Waals surface area (Å²) in [5.74, 6) is -1.54. The predicted octanol–water partition coefficient (Wildman–Crippen LogP) is 4.35. The van der Waals surface area contributed by atoms with Crippen molar-refractivity contribution in [3.8, 4) is 0 Å². The van der Waals surface area contributed by atoms with Gasteiger partial charge in [0.25, 0.3) is 0 Å². The number of aliphatic carboxylic acids is 1. The molecule has 0 heterocycles. The van der Waals surface area contributed by atoms with Crippen LogP contribution in [-0.2, 0) is 9.59 Å². The van der Waals surface area contributed by atoms with Crippen LogP contribution in [0, 0.1) is 50.7 Å². The number of rotatable bonds is 1. The van der Waals surface area contributed by atoms with Gasteiger partial charge in [0.2, 0.25) is 0 Å². The van der Waals surface area contributed by atoms with Crippen molar-refractivity contribution in [2.45, 2.75) is 111 Å². The summed E-state index contributed by atoms with van der Waals surface area (Å²) in [6, 6.07) is 0. The molecule has 4 saturated carbocycles. The lowest BCUT2D eigenvalue weighted by atomic mass is 9.32. The number of carboxylic acid groups (broad SMARTS) is 1. The van der Waals surface area contributed by atoms with Crippen LogP contribution in [0.3, 0.4) is 0 Å². The van der Waals surface area contributed by atoms with E-state index < -0.39 is 45.9 Å². The lowest BCUT2D eigenvalue weighted by Gasteiger charge is -2.72. The minimum Gasteiger partial charge on any atom is -0.481 e. The van der Waals surface area contributed by atoms with Crippen molar-refractivity contribution in [2.24, 2.45) is 50.7 Å². The van der Waals surface area contributed by atoms with Crippen LogP contribution in [0.25, 0.3) is 0 Å². The van der Waals surface area contributed by atoms with Gasteiger partial charge in [-0.25, -0.2) is 0 Å². The third-order valence-corrected chi connectivity index (χ3v) is 13.4. The molecule has 6 heteroatoms. The van der Waals surface area contributed by atoms with Crippen molar-refractivity contribution in [1.82, 2.24) is 0 Å². The van der Waals surface area contributed by atoms with Crippen LogP contribution in [0.1, 0.15) is 93.4 Å². The summed E-state index contributed by atoms with van der Waals surface area (Å²) in [5.41, 5.74) is -2.98. The Morgan fingerprint density at radius 1 is 0.944 bits per heavy atom. The third kappa shape index (κ3) is 2.74. The van der Waals surface area contributed by atoms with Crippen LogP contribution in [0.15, 0.2) is 11.6 Å². The number of ketones is 1. The lowest BCUT2D eigenvalue weighted by molar-refractivity contribution is -0.241. The quantitative estimate of drug-likeness (QED) is 0.396. The fraction of sp³-hybridized carbons (Fsp3) is 0.867. The van der Waals surface area contributed by atoms with Crippen LogP contribution in [-0.4, -0.2) is 50.0 Å². The van der Waals surface area contributed by atoms with E-state index in [0.29, 0.717) is 25.7 Å². The number of fused-ring (bicyclic) bond motifs is 7. The average Bonchev–Trinajstić information content (AvgIpc) is 2.79. The Kier molecular flexibility index (Phi) is 5.45. The molecule has 0 spiro atoms. The number of aliphatic hydroxyl groups is 3. The first kappa shape index (κ1) is 26.4. The zero-order chi connectivity index (χ0) is 26.9. The molecule has 0 aromatic carbocycles. The van der Waals surface area contributed by atoms with Gasteiger partial charge in [-0.3, -0.25) is 9.59 Å². The highest BCUT2D eigenvalue weighted by Crippen LogP contribution is 2.75. The number of aliphatic hydroxyl groups excluding tert-OH is 2. The van der Waals surface area contributed by atoms with Crippen LogP contribution in [0.2, 0.25) is 0 Å². The van der Waals surface area contributed by atoms with E-state index in [1.807, 2.05) is 27.7 Å². The number of hydrogen-bond acceptors (Lipinski definition) is 5. The average molecular weight is 503 g/mol. The topological polar surface area (TPSA) is 115 Å². The van der Waals surface area contributed by atoms with Gasteiger partial charge in [-0.05, 0) is 80.5 Å². The number of carbonyl (C=O) groups excluding carboxylic acids is 1. The van der Waals surface area contributed by atoms with Crippen LogP contribution < -0.4 is 0 Å². The van der Waals surface area contributed by atoms with Crippen molar-refractivity contribution in [3.63, 3.8) is 0 Å². The van der Waals surface area contributed by atoms with E-state index in [0.717, 1.165) is 24.8 Å². The molecule has 0 aromatic rings. The highest BCUT2D eigenvalue weighted by Gasteiger charge is 2.73. The zero-order valence-electron chi connectivity index (χ0n) is 23.1. The Hall–Kier alpha value is -1.24. The summed E-state index contributed by atoms with van der Waals surface area (Å²) < 4.78 is 0. The van der Waals surface area contributed by atoms with E-state index in [9.17, 15) is 30.0 Å². The van der Waals surface area contributed by atoms with Crippen molar-refractivity contribution >= 4 is 11.8 Å².